The fourth-order valence-corrected chi connectivity index (χ4v) is 2.56. The molecule has 20 heavy (non-hydrogen) atoms. The number of alkyl halides is 3. The summed E-state index contributed by atoms with van der Waals surface area (Å²) in [6, 6.07) is 0. The highest BCUT2D eigenvalue weighted by Gasteiger charge is 2.58. The lowest BCUT2D eigenvalue weighted by atomic mass is 9.91. The molecule has 0 aromatic heterocycles. The molecule has 0 radical (unpaired) electrons. The summed E-state index contributed by atoms with van der Waals surface area (Å²) in [5.74, 6) is -3.36. The molecule has 1 saturated carbocycles. The predicted octanol–water partition coefficient (Wildman–Crippen LogP) is 1.83. The highest BCUT2D eigenvalue weighted by atomic mass is 19.4. The second-order valence-electron chi connectivity index (χ2n) is 5.19. The van der Waals surface area contributed by atoms with Gasteiger partial charge in [-0.15, -0.1) is 0 Å². The lowest BCUT2D eigenvalue weighted by Gasteiger charge is -2.31. The van der Waals surface area contributed by atoms with Gasteiger partial charge in [0.1, 0.15) is 0 Å². The van der Waals surface area contributed by atoms with Gasteiger partial charge in [-0.3, -0.25) is 4.79 Å². The Balaban J connectivity index is 0.000000246. The number of hydrogen-bond donors (Lipinski definition) is 2. The van der Waals surface area contributed by atoms with E-state index in [4.69, 9.17) is 15.0 Å². The molecule has 2 N–H and O–H groups in total. The summed E-state index contributed by atoms with van der Waals surface area (Å²) in [6.45, 7) is 5.47. The van der Waals surface area contributed by atoms with Crippen LogP contribution in [0.5, 0.6) is 0 Å². The van der Waals surface area contributed by atoms with Crippen LogP contribution in [0.1, 0.15) is 26.2 Å². The molecule has 1 spiro atoms. The molecule has 0 aromatic carbocycles. The smallest absolute Gasteiger partial charge is 0.481 e. The van der Waals surface area contributed by atoms with Crippen LogP contribution in [-0.4, -0.2) is 52.9 Å². The third-order valence-electron chi connectivity index (χ3n) is 4.03. The molecule has 1 aliphatic heterocycles. The molecule has 8 heteroatoms. The fraction of sp³-hybridized carbons (Fsp3) is 0.833. The Morgan fingerprint density at radius 3 is 1.95 bits per heavy atom. The van der Waals surface area contributed by atoms with Crippen molar-refractivity contribution in [2.75, 3.05) is 19.6 Å². The number of aliphatic carboxylic acids is 2. The number of carbonyl (C=O) groups is 2. The van der Waals surface area contributed by atoms with Gasteiger partial charge in [0.15, 0.2) is 0 Å². The molecule has 116 valence electrons. The first-order chi connectivity index (χ1) is 9.12. The van der Waals surface area contributed by atoms with Crippen molar-refractivity contribution in [3.05, 3.63) is 0 Å². The Hall–Kier alpha value is -1.31. The highest BCUT2D eigenvalue weighted by molar-refractivity contribution is 5.74. The molecular weight excluding hydrogens is 279 g/mol. The van der Waals surface area contributed by atoms with Gasteiger partial charge in [-0.05, 0) is 44.3 Å². The van der Waals surface area contributed by atoms with Crippen LogP contribution in [0.3, 0.4) is 0 Å². The van der Waals surface area contributed by atoms with E-state index in [-0.39, 0.29) is 11.3 Å². The van der Waals surface area contributed by atoms with Gasteiger partial charge in [0.25, 0.3) is 0 Å². The molecule has 1 saturated heterocycles. The van der Waals surface area contributed by atoms with Crippen LogP contribution < -0.4 is 0 Å². The molecule has 2 rings (SSSR count). The molecule has 1 aliphatic carbocycles. The van der Waals surface area contributed by atoms with Gasteiger partial charge in [0.05, 0.1) is 5.92 Å². The maximum absolute atomic E-state index is 10.8. The number of rotatable bonds is 2. The molecule has 1 heterocycles. The second-order valence-corrected chi connectivity index (χ2v) is 5.19. The molecule has 2 fully saturated rings. The van der Waals surface area contributed by atoms with E-state index in [0.717, 1.165) is 38.9 Å². The Morgan fingerprint density at radius 1 is 1.25 bits per heavy atom. The van der Waals surface area contributed by atoms with E-state index < -0.39 is 18.1 Å². The number of carboxylic acids is 2. The topological polar surface area (TPSA) is 77.8 Å². The summed E-state index contributed by atoms with van der Waals surface area (Å²) in [6.07, 6.45) is -1.96. The van der Waals surface area contributed by atoms with Crippen molar-refractivity contribution in [1.82, 2.24) is 4.90 Å². The summed E-state index contributed by atoms with van der Waals surface area (Å²) >= 11 is 0. The summed E-state index contributed by atoms with van der Waals surface area (Å²) in [4.78, 5) is 22.1. The number of carboxylic acid groups (broad SMARTS) is 2. The first-order valence-electron chi connectivity index (χ1n) is 6.37. The van der Waals surface area contributed by atoms with E-state index in [1.54, 1.807) is 0 Å². The molecule has 5 nitrogen and oxygen atoms in total. The van der Waals surface area contributed by atoms with Gasteiger partial charge in [0.2, 0.25) is 0 Å². The number of piperidine rings is 1. The van der Waals surface area contributed by atoms with Crippen LogP contribution in [0, 0.1) is 11.3 Å². The lowest BCUT2D eigenvalue weighted by Crippen LogP contribution is -2.35. The Morgan fingerprint density at radius 2 is 1.70 bits per heavy atom. The molecule has 2 aliphatic rings. The minimum absolute atomic E-state index is 0.0218. The summed E-state index contributed by atoms with van der Waals surface area (Å²) < 4.78 is 31.7. The normalized spacial score (nSPS) is 24.7. The standard InChI is InChI=1S/C10H17NO2.C2HF3O2/c1-2-11-5-3-10(4-6-11)7-8(10)9(12)13;3-2(4,5)1(6)7/h8H,2-7H2,1H3,(H,12,13);(H,6,7)/t8-;/m1./s1. The Labute approximate surface area is 114 Å². The average molecular weight is 297 g/mol. The molecule has 0 bridgehead atoms. The maximum atomic E-state index is 10.8. The first kappa shape index (κ1) is 16.7. The SMILES string of the molecule is CCN1CCC2(CC1)C[C@@H]2C(=O)O.O=C(O)C(F)(F)F. The Bertz CT molecular complexity index is 375. The largest absolute Gasteiger partial charge is 0.490 e. The summed E-state index contributed by atoms with van der Waals surface area (Å²) in [5.41, 5.74) is 0.206. The van der Waals surface area contributed by atoms with E-state index >= 15 is 0 Å². The van der Waals surface area contributed by atoms with Crippen LogP contribution in [0.15, 0.2) is 0 Å². The minimum Gasteiger partial charge on any atom is -0.481 e. The van der Waals surface area contributed by atoms with Gasteiger partial charge < -0.3 is 15.1 Å². The minimum atomic E-state index is -5.08. The second kappa shape index (κ2) is 5.99. The molecule has 0 unspecified atom stereocenters. The molecular formula is C12H18F3NO4. The van der Waals surface area contributed by atoms with Crippen molar-refractivity contribution < 1.29 is 33.0 Å². The van der Waals surface area contributed by atoms with Gasteiger partial charge in [-0.2, -0.15) is 13.2 Å². The van der Waals surface area contributed by atoms with E-state index in [1.807, 2.05) is 0 Å². The zero-order chi connectivity index (χ0) is 15.6. The van der Waals surface area contributed by atoms with Crippen molar-refractivity contribution in [3.8, 4) is 0 Å². The zero-order valence-corrected chi connectivity index (χ0v) is 11.1. The third-order valence-corrected chi connectivity index (χ3v) is 4.03. The number of halogens is 3. The molecule has 1 atom stereocenters. The average Bonchev–Trinajstić information content (AvgIpc) is 3.04. The fourth-order valence-electron chi connectivity index (χ4n) is 2.56. The van der Waals surface area contributed by atoms with Gasteiger partial charge in [-0.1, -0.05) is 6.92 Å². The van der Waals surface area contributed by atoms with Gasteiger partial charge in [-0.25, -0.2) is 4.79 Å². The number of nitrogens with zero attached hydrogens (tertiary/aromatic N) is 1. The predicted molar refractivity (Wildman–Crippen MR) is 63.2 cm³/mol. The van der Waals surface area contributed by atoms with Gasteiger partial charge >= 0.3 is 18.1 Å². The van der Waals surface area contributed by atoms with Gasteiger partial charge in [0, 0.05) is 0 Å². The number of hydrogen-bond acceptors (Lipinski definition) is 3. The van der Waals surface area contributed by atoms with Crippen LogP contribution in [-0.2, 0) is 9.59 Å². The van der Waals surface area contributed by atoms with E-state index in [2.05, 4.69) is 11.8 Å². The van der Waals surface area contributed by atoms with E-state index in [1.165, 1.54) is 0 Å². The highest BCUT2D eigenvalue weighted by Crippen LogP contribution is 2.59. The van der Waals surface area contributed by atoms with Crippen LogP contribution in [0.25, 0.3) is 0 Å². The van der Waals surface area contributed by atoms with E-state index in [9.17, 15) is 18.0 Å². The third kappa shape index (κ3) is 4.09. The monoisotopic (exact) mass is 297 g/mol. The van der Waals surface area contributed by atoms with E-state index in [0.29, 0.717) is 0 Å². The molecule has 0 aromatic rings. The first-order valence-corrected chi connectivity index (χ1v) is 6.37. The van der Waals surface area contributed by atoms with Crippen molar-refractivity contribution in [2.24, 2.45) is 11.3 Å². The van der Waals surface area contributed by atoms with Crippen LogP contribution >= 0.6 is 0 Å². The lowest BCUT2D eigenvalue weighted by molar-refractivity contribution is -0.192. The summed E-state index contributed by atoms with van der Waals surface area (Å²) in [7, 11) is 0. The maximum Gasteiger partial charge on any atom is 0.490 e. The van der Waals surface area contributed by atoms with Crippen molar-refractivity contribution >= 4 is 11.9 Å². The van der Waals surface area contributed by atoms with Crippen molar-refractivity contribution in [3.63, 3.8) is 0 Å². The van der Waals surface area contributed by atoms with Crippen LogP contribution in [0.2, 0.25) is 0 Å². The zero-order valence-electron chi connectivity index (χ0n) is 11.1. The molecule has 0 amide bonds. The van der Waals surface area contributed by atoms with Crippen LogP contribution in [0.4, 0.5) is 13.2 Å². The van der Waals surface area contributed by atoms with Crippen molar-refractivity contribution in [1.29, 1.82) is 0 Å². The van der Waals surface area contributed by atoms with Crippen molar-refractivity contribution in [2.45, 2.75) is 32.4 Å². The summed E-state index contributed by atoms with van der Waals surface area (Å²) in [5, 5.41) is 16.0. The number of likely N-dealkylation sites (tertiary alicyclic amines) is 1. The Kier molecular flexibility index (Phi) is 5.01. The quantitative estimate of drug-likeness (QED) is 0.813.